The normalized spacial score (nSPS) is 22.8. The van der Waals surface area contributed by atoms with Crippen molar-refractivity contribution in [3.05, 3.63) is 87.1 Å². The van der Waals surface area contributed by atoms with Crippen LogP contribution in [0.1, 0.15) is 72.2 Å². The summed E-state index contributed by atoms with van der Waals surface area (Å²) in [5, 5.41) is 2.86. The van der Waals surface area contributed by atoms with Gasteiger partial charge in [-0.25, -0.2) is 9.37 Å². The quantitative estimate of drug-likeness (QED) is 0.353. The fraction of sp³-hybridized carbons (Fsp3) is 0.467. The van der Waals surface area contributed by atoms with Crippen LogP contribution in [0.4, 0.5) is 4.39 Å². The molecule has 5 rings (SSSR count). The number of likely N-dealkylation sites (tertiary alicyclic amines) is 1. The molecular formula is C30H36FN3OS. The summed E-state index contributed by atoms with van der Waals surface area (Å²) in [5.74, 6) is -0.150. The van der Waals surface area contributed by atoms with Gasteiger partial charge in [-0.3, -0.25) is 9.69 Å². The number of hydrogen-bond donors (Lipinski definition) is 0. The number of nitrogens with zero attached hydrogens (tertiary/aromatic N) is 3. The maximum Gasteiger partial charge on any atom is 0.273 e. The molecule has 2 bridgehead atoms. The fourth-order valence-electron chi connectivity index (χ4n) is 6.48. The van der Waals surface area contributed by atoms with Gasteiger partial charge in [0.15, 0.2) is 0 Å². The number of benzene rings is 2. The van der Waals surface area contributed by atoms with Crippen molar-refractivity contribution in [1.82, 2.24) is 14.8 Å². The van der Waals surface area contributed by atoms with Crippen molar-refractivity contribution in [2.24, 2.45) is 10.8 Å². The Hall–Kier alpha value is -2.57. The zero-order chi connectivity index (χ0) is 25.5. The lowest BCUT2D eigenvalue weighted by Gasteiger charge is -2.39. The molecule has 2 heterocycles. The number of fused-ring (bicyclic) bond motifs is 2. The van der Waals surface area contributed by atoms with Crippen molar-refractivity contribution < 1.29 is 9.18 Å². The molecule has 2 aromatic carbocycles. The van der Waals surface area contributed by atoms with Gasteiger partial charge in [-0.2, -0.15) is 0 Å². The van der Waals surface area contributed by atoms with E-state index in [0.29, 0.717) is 24.8 Å². The number of carbonyl (C=O) groups excluding carboxylic acids is 1. The van der Waals surface area contributed by atoms with E-state index in [1.54, 1.807) is 11.3 Å². The lowest BCUT2D eigenvalue weighted by molar-refractivity contribution is 0.0702. The van der Waals surface area contributed by atoms with Crippen LogP contribution in [0, 0.1) is 23.6 Å². The Bertz CT molecular complexity index is 1170. The molecule has 1 aliphatic carbocycles. The van der Waals surface area contributed by atoms with Crippen LogP contribution in [0.2, 0.25) is 0 Å². The highest BCUT2D eigenvalue weighted by atomic mass is 32.1. The molecule has 4 nitrogen and oxygen atoms in total. The molecule has 1 amide bonds. The molecule has 1 aromatic heterocycles. The summed E-state index contributed by atoms with van der Waals surface area (Å²) in [6.07, 6.45) is 3.33. The number of carbonyl (C=O) groups is 1. The van der Waals surface area contributed by atoms with Crippen LogP contribution in [-0.2, 0) is 19.6 Å². The van der Waals surface area contributed by atoms with Crippen molar-refractivity contribution >= 4 is 17.2 Å². The molecule has 0 radical (unpaired) electrons. The fourth-order valence-corrected chi connectivity index (χ4v) is 7.29. The summed E-state index contributed by atoms with van der Waals surface area (Å²) in [7, 11) is 0. The van der Waals surface area contributed by atoms with E-state index < -0.39 is 0 Å². The maximum absolute atomic E-state index is 13.5. The van der Waals surface area contributed by atoms with Gasteiger partial charge < -0.3 is 4.90 Å². The van der Waals surface area contributed by atoms with E-state index in [1.165, 1.54) is 29.7 Å². The summed E-state index contributed by atoms with van der Waals surface area (Å²) >= 11 is 1.55. The first-order valence-electron chi connectivity index (χ1n) is 12.9. The average molecular weight is 506 g/mol. The van der Waals surface area contributed by atoms with E-state index in [4.69, 9.17) is 4.98 Å². The van der Waals surface area contributed by atoms with Crippen molar-refractivity contribution in [1.29, 1.82) is 0 Å². The van der Waals surface area contributed by atoms with Gasteiger partial charge in [0.1, 0.15) is 16.5 Å². The Kier molecular flexibility index (Phi) is 6.77. The van der Waals surface area contributed by atoms with Gasteiger partial charge in [0.2, 0.25) is 0 Å². The Balaban J connectivity index is 1.31. The average Bonchev–Trinajstić information content (AvgIpc) is 3.37. The van der Waals surface area contributed by atoms with Crippen molar-refractivity contribution in [2.45, 2.75) is 72.6 Å². The monoisotopic (exact) mass is 505 g/mol. The van der Waals surface area contributed by atoms with Crippen LogP contribution in [-0.4, -0.2) is 33.3 Å². The molecule has 0 spiro atoms. The number of hydrogen-bond acceptors (Lipinski definition) is 4. The van der Waals surface area contributed by atoms with E-state index in [1.807, 2.05) is 17.5 Å². The van der Waals surface area contributed by atoms with E-state index in [0.717, 1.165) is 36.5 Å². The van der Waals surface area contributed by atoms with Crippen molar-refractivity contribution in [2.75, 3.05) is 6.54 Å². The number of rotatable bonds is 7. The largest absolute Gasteiger partial charge is 0.334 e. The maximum atomic E-state index is 13.5. The minimum absolute atomic E-state index is 0.0764. The standard InChI is InChI=1S/C30H36FN3OS/c1-21-5-7-22(8-6-21)15-33(16-23-9-11-24(31)12-10-23)17-27-32-26(18-36-27)28(35)34-20-30(4)14-25(34)13-29(2,3)19-30/h5-12,18,25H,13-17,19-20H2,1-4H3. The SMILES string of the molecule is Cc1ccc(CN(Cc2ccc(F)cc2)Cc2nc(C(=O)N3CC4(C)CC3CC(C)(C)C4)cs2)cc1. The molecule has 2 aliphatic rings. The molecule has 2 fully saturated rings. The topological polar surface area (TPSA) is 36.4 Å². The Labute approximate surface area is 218 Å². The zero-order valence-corrected chi connectivity index (χ0v) is 22.6. The van der Waals surface area contributed by atoms with Gasteiger partial charge in [0, 0.05) is 31.1 Å². The molecule has 6 heteroatoms. The Morgan fingerprint density at radius 3 is 2.33 bits per heavy atom. The van der Waals surface area contributed by atoms with Crippen LogP contribution >= 0.6 is 11.3 Å². The lowest BCUT2D eigenvalue weighted by Crippen LogP contribution is -2.37. The summed E-state index contributed by atoms with van der Waals surface area (Å²) in [5.41, 5.74) is 4.56. The molecule has 1 saturated carbocycles. The molecule has 36 heavy (non-hydrogen) atoms. The highest BCUT2D eigenvalue weighted by Gasteiger charge is 2.51. The van der Waals surface area contributed by atoms with E-state index in [9.17, 15) is 9.18 Å². The van der Waals surface area contributed by atoms with Gasteiger partial charge in [-0.15, -0.1) is 11.3 Å². The first-order chi connectivity index (χ1) is 17.1. The first-order valence-corrected chi connectivity index (χ1v) is 13.7. The molecule has 1 aliphatic heterocycles. The highest BCUT2D eigenvalue weighted by Crippen LogP contribution is 2.52. The van der Waals surface area contributed by atoms with Gasteiger partial charge in [0.25, 0.3) is 5.91 Å². The van der Waals surface area contributed by atoms with E-state index >= 15 is 0 Å². The lowest BCUT2D eigenvalue weighted by atomic mass is 9.65. The first kappa shape index (κ1) is 25.1. The van der Waals surface area contributed by atoms with Crippen LogP contribution in [0.5, 0.6) is 0 Å². The van der Waals surface area contributed by atoms with Gasteiger partial charge >= 0.3 is 0 Å². The second-order valence-corrected chi connectivity index (χ2v) is 13.0. The third-order valence-electron chi connectivity index (χ3n) is 7.65. The second kappa shape index (κ2) is 9.71. The van der Waals surface area contributed by atoms with Crippen LogP contribution in [0.25, 0.3) is 0 Å². The number of amides is 1. The summed E-state index contributed by atoms with van der Waals surface area (Å²) in [6, 6.07) is 15.5. The van der Waals surface area contributed by atoms with Gasteiger partial charge in [-0.1, -0.05) is 62.7 Å². The minimum atomic E-state index is -0.226. The molecule has 2 unspecified atom stereocenters. The number of thiazole rings is 1. The summed E-state index contributed by atoms with van der Waals surface area (Å²) in [4.78, 5) is 22.7. The van der Waals surface area contributed by atoms with Crippen molar-refractivity contribution in [3.63, 3.8) is 0 Å². The number of aryl methyl sites for hydroxylation is 1. The molecule has 0 N–H and O–H groups in total. The summed E-state index contributed by atoms with van der Waals surface area (Å²) in [6.45, 7) is 12.0. The zero-order valence-electron chi connectivity index (χ0n) is 21.8. The summed E-state index contributed by atoms with van der Waals surface area (Å²) < 4.78 is 13.5. The van der Waals surface area contributed by atoms with Gasteiger partial charge in [-0.05, 0) is 60.3 Å². The highest BCUT2D eigenvalue weighted by molar-refractivity contribution is 7.09. The van der Waals surface area contributed by atoms with Crippen LogP contribution in [0.15, 0.2) is 53.9 Å². The van der Waals surface area contributed by atoms with Crippen molar-refractivity contribution in [3.8, 4) is 0 Å². The van der Waals surface area contributed by atoms with Crippen LogP contribution < -0.4 is 0 Å². The molecule has 1 saturated heterocycles. The minimum Gasteiger partial charge on any atom is -0.334 e. The molecular weight excluding hydrogens is 469 g/mol. The predicted molar refractivity (Wildman–Crippen MR) is 143 cm³/mol. The Morgan fingerprint density at radius 1 is 1.03 bits per heavy atom. The smallest absolute Gasteiger partial charge is 0.273 e. The van der Waals surface area contributed by atoms with Crippen LogP contribution in [0.3, 0.4) is 0 Å². The van der Waals surface area contributed by atoms with E-state index in [-0.39, 0.29) is 22.6 Å². The third-order valence-corrected chi connectivity index (χ3v) is 8.49. The second-order valence-electron chi connectivity index (χ2n) is 12.0. The predicted octanol–water partition coefficient (Wildman–Crippen LogP) is 6.83. The van der Waals surface area contributed by atoms with Gasteiger partial charge in [0.05, 0.1) is 6.54 Å². The Morgan fingerprint density at radius 2 is 1.67 bits per heavy atom. The number of aromatic nitrogens is 1. The third kappa shape index (κ3) is 5.70. The number of halogens is 1. The molecule has 2 atom stereocenters. The molecule has 3 aromatic rings. The van der Waals surface area contributed by atoms with E-state index in [2.05, 4.69) is 61.8 Å². The molecule has 190 valence electrons.